The lowest BCUT2D eigenvalue weighted by molar-refractivity contribution is 0.229. The van der Waals surface area contributed by atoms with Crippen LogP contribution in [0.4, 0.5) is 0 Å². The Morgan fingerprint density at radius 2 is 1.92 bits per heavy atom. The second kappa shape index (κ2) is 7.69. The monoisotopic (exact) mass is 364 g/mol. The molecule has 7 heteroatoms. The van der Waals surface area contributed by atoms with Crippen molar-refractivity contribution in [2.75, 3.05) is 0 Å². The number of hydrogen-bond acceptors (Lipinski definition) is 5. The number of benzene rings is 2. The summed E-state index contributed by atoms with van der Waals surface area (Å²) in [6.45, 7) is 5.52. The summed E-state index contributed by atoms with van der Waals surface area (Å²) in [5.41, 5.74) is 1.95. The van der Waals surface area contributed by atoms with E-state index in [1.807, 2.05) is 6.92 Å². The maximum Gasteiger partial charge on any atom is 0.446 e. The van der Waals surface area contributed by atoms with E-state index in [9.17, 15) is 18.6 Å². The van der Waals surface area contributed by atoms with E-state index >= 15 is 0 Å². The third-order valence-corrected chi connectivity index (χ3v) is 4.04. The predicted octanol–water partition coefficient (Wildman–Crippen LogP) is 3.41. The third kappa shape index (κ3) is 4.82. The molecule has 0 fully saturated rings. The van der Waals surface area contributed by atoms with Crippen molar-refractivity contribution < 1.29 is 27.4 Å². The molecule has 6 nitrogen and oxygen atoms in total. The minimum atomic E-state index is -4.72. The van der Waals surface area contributed by atoms with Gasteiger partial charge in [0.05, 0.1) is 6.10 Å². The number of hydrogen-bond donors (Lipinski definition) is 3. The van der Waals surface area contributed by atoms with Crippen molar-refractivity contribution in [3.05, 3.63) is 60.2 Å². The molecule has 0 amide bonds. The van der Waals surface area contributed by atoms with Crippen LogP contribution in [-0.4, -0.2) is 23.2 Å². The molecule has 2 aromatic rings. The van der Waals surface area contributed by atoms with E-state index < -0.39 is 16.5 Å². The molecule has 1 unspecified atom stereocenters. The molecule has 3 N–H and O–H groups in total. The summed E-state index contributed by atoms with van der Waals surface area (Å²) in [6, 6.07) is 9.23. The summed E-state index contributed by atoms with van der Waals surface area (Å²) >= 11 is 0. The molecule has 0 spiro atoms. The van der Waals surface area contributed by atoms with Gasteiger partial charge < -0.3 is 14.4 Å². The molecule has 0 aromatic heterocycles. The standard InChI is InChI=1S/C18H20O6S/c1-3-5-12-6-9-18(24-25(21,22)23)15(10-12)14-11-13(16(19)4-2)7-8-17(14)20/h4,6-11,16,19-20H,2-3,5H2,1H3,(H,21,22,23). The Morgan fingerprint density at radius 1 is 1.20 bits per heavy atom. The smallest absolute Gasteiger partial charge is 0.446 e. The molecular formula is C18H20O6S. The van der Waals surface area contributed by atoms with Crippen molar-refractivity contribution in [1.29, 1.82) is 0 Å². The number of aromatic hydroxyl groups is 1. The van der Waals surface area contributed by atoms with Gasteiger partial charge in [0.15, 0.2) is 5.75 Å². The average Bonchev–Trinajstić information content (AvgIpc) is 2.55. The summed E-state index contributed by atoms with van der Waals surface area (Å²) in [6.07, 6.45) is 2.01. The normalized spacial score (nSPS) is 12.6. The summed E-state index contributed by atoms with van der Waals surface area (Å²) in [7, 11) is -4.72. The Kier molecular flexibility index (Phi) is 5.84. The highest BCUT2D eigenvalue weighted by Crippen LogP contribution is 2.39. The van der Waals surface area contributed by atoms with Crippen molar-refractivity contribution in [1.82, 2.24) is 0 Å². The van der Waals surface area contributed by atoms with Crippen molar-refractivity contribution in [2.45, 2.75) is 25.9 Å². The van der Waals surface area contributed by atoms with Gasteiger partial charge in [-0.1, -0.05) is 31.6 Å². The van der Waals surface area contributed by atoms with Gasteiger partial charge in [0.2, 0.25) is 0 Å². The number of aliphatic hydroxyl groups excluding tert-OH is 1. The largest absolute Gasteiger partial charge is 0.507 e. The molecule has 0 bridgehead atoms. The second-order valence-corrected chi connectivity index (χ2v) is 6.57. The molecule has 0 heterocycles. The van der Waals surface area contributed by atoms with Gasteiger partial charge >= 0.3 is 10.4 Å². The zero-order valence-electron chi connectivity index (χ0n) is 13.7. The van der Waals surface area contributed by atoms with E-state index in [2.05, 4.69) is 10.8 Å². The SMILES string of the molecule is C=CC(O)c1ccc(O)c(-c2cc(CCC)ccc2OS(=O)(=O)O)c1. The average molecular weight is 364 g/mol. The number of aliphatic hydroxyl groups is 1. The van der Waals surface area contributed by atoms with E-state index in [0.717, 1.165) is 18.4 Å². The van der Waals surface area contributed by atoms with Gasteiger partial charge in [-0.2, -0.15) is 8.42 Å². The Labute approximate surface area is 147 Å². The second-order valence-electron chi connectivity index (χ2n) is 5.55. The summed E-state index contributed by atoms with van der Waals surface area (Å²) < 4.78 is 35.9. The van der Waals surface area contributed by atoms with Gasteiger partial charge in [0.25, 0.3) is 0 Å². The molecule has 0 aliphatic carbocycles. The minimum Gasteiger partial charge on any atom is -0.507 e. The van der Waals surface area contributed by atoms with Crippen molar-refractivity contribution in [3.63, 3.8) is 0 Å². The fourth-order valence-electron chi connectivity index (χ4n) is 2.51. The fourth-order valence-corrected chi connectivity index (χ4v) is 2.88. The van der Waals surface area contributed by atoms with Gasteiger partial charge in [0.1, 0.15) is 5.75 Å². The fraction of sp³-hybridized carbons (Fsp3) is 0.222. The number of phenolic OH excluding ortho intramolecular Hbond substituents is 1. The summed E-state index contributed by atoms with van der Waals surface area (Å²) in [5.74, 6) is -0.239. The number of phenols is 1. The highest BCUT2D eigenvalue weighted by Gasteiger charge is 2.18. The first kappa shape index (κ1) is 19.0. The highest BCUT2D eigenvalue weighted by molar-refractivity contribution is 7.81. The van der Waals surface area contributed by atoms with Gasteiger partial charge in [-0.25, -0.2) is 0 Å². The topological polar surface area (TPSA) is 104 Å². The Bertz CT molecular complexity index is 873. The molecular weight excluding hydrogens is 344 g/mol. The molecule has 2 aromatic carbocycles. The van der Waals surface area contributed by atoms with Crippen LogP contribution in [0.3, 0.4) is 0 Å². The molecule has 134 valence electrons. The summed E-state index contributed by atoms with van der Waals surface area (Å²) in [5, 5.41) is 20.1. The molecule has 0 saturated heterocycles. The maximum absolute atomic E-state index is 11.1. The third-order valence-electron chi connectivity index (χ3n) is 3.65. The van der Waals surface area contributed by atoms with E-state index in [4.69, 9.17) is 4.55 Å². The first-order valence-electron chi connectivity index (χ1n) is 7.69. The Hall–Kier alpha value is -2.35. The molecule has 25 heavy (non-hydrogen) atoms. The van der Waals surface area contributed by atoms with Crippen molar-refractivity contribution in [2.24, 2.45) is 0 Å². The van der Waals surface area contributed by atoms with Crippen LogP contribution in [0.5, 0.6) is 11.5 Å². The van der Waals surface area contributed by atoms with Gasteiger partial charge in [-0.3, -0.25) is 4.55 Å². The lowest BCUT2D eigenvalue weighted by Gasteiger charge is -2.14. The molecule has 0 radical (unpaired) electrons. The van der Waals surface area contributed by atoms with E-state index in [0.29, 0.717) is 11.1 Å². The highest BCUT2D eigenvalue weighted by atomic mass is 32.3. The van der Waals surface area contributed by atoms with Crippen molar-refractivity contribution >= 4 is 10.4 Å². The minimum absolute atomic E-state index is 0.117. The molecule has 2 rings (SSSR count). The van der Waals surface area contributed by atoms with E-state index in [1.54, 1.807) is 12.1 Å². The zero-order valence-corrected chi connectivity index (χ0v) is 14.5. The zero-order chi connectivity index (χ0) is 18.6. The van der Waals surface area contributed by atoms with Gasteiger partial charge in [-0.15, -0.1) is 6.58 Å². The van der Waals surface area contributed by atoms with Crippen molar-refractivity contribution in [3.8, 4) is 22.6 Å². The Balaban J connectivity index is 2.66. The van der Waals surface area contributed by atoms with Gasteiger partial charge in [-0.05, 0) is 41.8 Å². The number of rotatable bonds is 7. The summed E-state index contributed by atoms with van der Waals surface area (Å²) in [4.78, 5) is 0. The number of aryl methyl sites for hydroxylation is 1. The van der Waals surface area contributed by atoms with Crippen LogP contribution in [0, 0.1) is 0 Å². The van der Waals surface area contributed by atoms with E-state index in [-0.39, 0.29) is 17.1 Å². The van der Waals surface area contributed by atoms with Crippen LogP contribution in [0.25, 0.3) is 11.1 Å². The van der Waals surface area contributed by atoms with Crippen LogP contribution in [0.2, 0.25) is 0 Å². The predicted molar refractivity (Wildman–Crippen MR) is 94.9 cm³/mol. The molecule has 1 atom stereocenters. The lowest BCUT2D eigenvalue weighted by atomic mass is 9.96. The van der Waals surface area contributed by atoms with Crippen LogP contribution < -0.4 is 4.18 Å². The molecule has 0 saturated carbocycles. The van der Waals surface area contributed by atoms with Crippen LogP contribution >= 0.6 is 0 Å². The molecule has 0 aliphatic heterocycles. The van der Waals surface area contributed by atoms with E-state index in [1.165, 1.54) is 30.3 Å². The lowest BCUT2D eigenvalue weighted by Crippen LogP contribution is -2.08. The van der Waals surface area contributed by atoms with Crippen LogP contribution in [0.1, 0.15) is 30.6 Å². The molecule has 0 aliphatic rings. The quantitative estimate of drug-likeness (QED) is 0.514. The van der Waals surface area contributed by atoms with Crippen LogP contribution in [0.15, 0.2) is 49.1 Å². The maximum atomic E-state index is 11.1. The first-order chi connectivity index (χ1) is 11.7. The van der Waals surface area contributed by atoms with Gasteiger partial charge in [0, 0.05) is 11.1 Å². The Morgan fingerprint density at radius 3 is 2.52 bits per heavy atom. The first-order valence-corrected chi connectivity index (χ1v) is 9.05. The van der Waals surface area contributed by atoms with Crippen LogP contribution in [-0.2, 0) is 16.8 Å².